The molecule has 3 aromatic heterocycles. The summed E-state index contributed by atoms with van der Waals surface area (Å²) in [5, 5.41) is 10.0. The number of benzene rings is 1. The summed E-state index contributed by atoms with van der Waals surface area (Å²) in [6.45, 7) is 14.1. The number of ether oxygens (including phenoxy) is 2. The van der Waals surface area contributed by atoms with Gasteiger partial charge < -0.3 is 24.7 Å². The van der Waals surface area contributed by atoms with Crippen molar-refractivity contribution < 1.29 is 22.7 Å². The van der Waals surface area contributed by atoms with E-state index in [4.69, 9.17) is 14.5 Å². The van der Waals surface area contributed by atoms with Crippen molar-refractivity contribution in [3.05, 3.63) is 40.3 Å². The number of hydrogen-bond acceptors (Lipinski definition) is 10. The van der Waals surface area contributed by atoms with Gasteiger partial charge in [0.25, 0.3) is 5.16 Å². The summed E-state index contributed by atoms with van der Waals surface area (Å²) in [7, 11) is -4.96. The molecule has 240 valence electrons. The van der Waals surface area contributed by atoms with Crippen molar-refractivity contribution in [2.75, 3.05) is 24.7 Å². The van der Waals surface area contributed by atoms with Crippen molar-refractivity contribution in [3.8, 4) is 0 Å². The standard InChI is InChI=1S/C28H41BrN8O5SSi/c1-28(2,3)42-27(38)30-13-9-11-19-10-8-12-21-23(19)33-22(36(21)18-41-14-15-44(5,6)7)17-31-25-35-26(43(4,39)40)34-24-20(29)16-32-37(24)25/h8,10,12,16H,9,11,13-15,17-18H2,1-7H3,(H,30,38)(H,31,34,35). The number of alkyl carbamates (subject to hydrolysis) is 1. The maximum Gasteiger partial charge on any atom is 0.407 e. The first-order valence-corrected chi connectivity index (χ1v) is 20.8. The molecule has 0 fully saturated rings. The van der Waals surface area contributed by atoms with Gasteiger partial charge in [0.2, 0.25) is 15.8 Å². The molecule has 0 aliphatic rings. The maximum absolute atomic E-state index is 12.3. The van der Waals surface area contributed by atoms with Crippen LogP contribution in [0.25, 0.3) is 16.7 Å². The summed E-state index contributed by atoms with van der Waals surface area (Å²) >= 11 is 3.38. The lowest BCUT2D eigenvalue weighted by molar-refractivity contribution is 0.0527. The second-order valence-electron chi connectivity index (χ2n) is 12.8. The van der Waals surface area contributed by atoms with Gasteiger partial charge in [-0.1, -0.05) is 31.8 Å². The Balaban J connectivity index is 1.59. The van der Waals surface area contributed by atoms with Gasteiger partial charge in [-0.25, -0.2) is 18.2 Å². The summed E-state index contributed by atoms with van der Waals surface area (Å²) in [5.41, 5.74) is 2.56. The molecule has 0 aliphatic carbocycles. The van der Waals surface area contributed by atoms with Gasteiger partial charge in [-0.3, -0.25) is 0 Å². The predicted molar refractivity (Wildman–Crippen MR) is 175 cm³/mol. The second-order valence-corrected chi connectivity index (χ2v) is 21.2. The monoisotopic (exact) mass is 708 g/mol. The van der Waals surface area contributed by atoms with Crippen molar-refractivity contribution in [3.63, 3.8) is 0 Å². The van der Waals surface area contributed by atoms with Crippen LogP contribution in [-0.4, -0.2) is 76.7 Å². The van der Waals surface area contributed by atoms with Gasteiger partial charge in [0.1, 0.15) is 18.2 Å². The average molecular weight is 710 g/mol. The number of para-hydroxylation sites is 1. The smallest absolute Gasteiger partial charge is 0.407 e. The molecule has 0 saturated carbocycles. The fourth-order valence-electron chi connectivity index (χ4n) is 4.32. The molecule has 0 spiro atoms. The molecule has 16 heteroatoms. The van der Waals surface area contributed by atoms with E-state index in [1.807, 2.05) is 43.5 Å². The number of hydrogen-bond donors (Lipinski definition) is 2. The zero-order valence-corrected chi connectivity index (χ0v) is 29.7. The third kappa shape index (κ3) is 8.98. The molecule has 1 amide bonds. The molecular weight excluding hydrogens is 668 g/mol. The minimum Gasteiger partial charge on any atom is -0.444 e. The Bertz CT molecular complexity index is 1740. The summed E-state index contributed by atoms with van der Waals surface area (Å²) in [4.78, 5) is 25.5. The van der Waals surface area contributed by atoms with E-state index in [1.165, 1.54) is 10.7 Å². The van der Waals surface area contributed by atoms with E-state index < -0.39 is 29.6 Å². The summed E-state index contributed by atoms with van der Waals surface area (Å²) in [6.07, 6.45) is 3.55. The summed E-state index contributed by atoms with van der Waals surface area (Å²) in [6, 6.07) is 7.06. The lowest BCUT2D eigenvalue weighted by atomic mass is 10.1. The van der Waals surface area contributed by atoms with E-state index >= 15 is 0 Å². The molecular formula is C28H41BrN8O5SSi. The number of aryl methyl sites for hydroxylation is 1. The van der Waals surface area contributed by atoms with Gasteiger partial charge in [0.15, 0.2) is 5.65 Å². The molecule has 0 saturated heterocycles. The SMILES string of the molecule is CC(C)(C)OC(=O)NCCCc1cccc2c1nc(CNc1nc(S(C)(=O)=O)nc3c(Br)cnn13)n2COCC[Si](C)(C)C. The zero-order valence-electron chi connectivity index (χ0n) is 26.3. The van der Waals surface area contributed by atoms with E-state index in [9.17, 15) is 13.2 Å². The Morgan fingerprint density at radius 2 is 1.89 bits per heavy atom. The van der Waals surface area contributed by atoms with Crippen LogP contribution in [0.5, 0.6) is 0 Å². The molecule has 44 heavy (non-hydrogen) atoms. The molecule has 0 atom stereocenters. The van der Waals surface area contributed by atoms with Crippen molar-refractivity contribution in [1.29, 1.82) is 0 Å². The van der Waals surface area contributed by atoms with E-state index in [1.54, 1.807) is 0 Å². The molecule has 4 aromatic rings. The van der Waals surface area contributed by atoms with Gasteiger partial charge in [0, 0.05) is 27.5 Å². The number of carbonyl (C=O) groups is 1. The fourth-order valence-corrected chi connectivity index (χ4v) is 5.93. The van der Waals surface area contributed by atoms with E-state index in [0.717, 1.165) is 28.9 Å². The molecule has 2 N–H and O–H groups in total. The summed E-state index contributed by atoms with van der Waals surface area (Å²) < 4.78 is 40.1. The lowest BCUT2D eigenvalue weighted by Crippen LogP contribution is -2.33. The molecule has 0 radical (unpaired) electrons. The van der Waals surface area contributed by atoms with Crippen LogP contribution in [0.1, 0.15) is 38.6 Å². The first-order chi connectivity index (χ1) is 20.5. The van der Waals surface area contributed by atoms with Gasteiger partial charge in [0.05, 0.1) is 28.2 Å². The quantitative estimate of drug-likeness (QED) is 0.143. The first-order valence-electron chi connectivity index (χ1n) is 14.4. The number of rotatable bonds is 13. The number of halogens is 1. The van der Waals surface area contributed by atoms with Gasteiger partial charge in [-0.2, -0.15) is 19.6 Å². The average Bonchev–Trinajstić information content (AvgIpc) is 3.46. The molecule has 1 aromatic carbocycles. The van der Waals surface area contributed by atoms with E-state index in [0.29, 0.717) is 48.7 Å². The highest BCUT2D eigenvalue weighted by molar-refractivity contribution is 9.10. The van der Waals surface area contributed by atoms with Gasteiger partial charge in [-0.05, 0) is 67.2 Å². The van der Waals surface area contributed by atoms with Crippen LogP contribution in [0.3, 0.4) is 0 Å². The number of anilines is 1. The topological polar surface area (TPSA) is 155 Å². The normalized spacial score (nSPS) is 12.6. The lowest BCUT2D eigenvalue weighted by Gasteiger charge is -2.19. The number of fused-ring (bicyclic) bond motifs is 2. The van der Waals surface area contributed by atoms with E-state index in [2.05, 4.69) is 61.3 Å². The number of amides is 1. The Hall–Kier alpha value is -3.08. The van der Waals surface area contributed by atoms with E-state index in [-0.39, 0.29) is 17.6 Å². The largest absolute Gasteiger partial charge is 0.444 e. The Kier molecular flexibility index (Phi) is 10.4. The van der Waals surface area contributed by atoms with Crippen molar-refractivity contribution in [1.82, 2.24) is 34.4 Å². The second kappa shape index (κ2) is 13.5. The number of sulfone groups is 1. The van der Waals surface area contributed by atoms with Gasteiger partial charge in [-0.15, -0.1) is 0 Å². The number of imidazole rings is 1. The third-order valence-corrected chi connectivity index (χ3v) is 9.60. The number of nitrogens with zero attached hydrogens (tertiary/aromatic N) is 6. The Morgan fingerprint density at radius 1 is 1.14 bits per heavy atom. The maximum atomic E-state index is 12.3. The predicted octanol–water partition coefficient (Wildman–Crippen LogP) is 5.02. The fraction of sp³-hybridized carbons (Fsp3) is 0.536. The first kappa shape index (κ1) is 33.8. The zero-order chi connectivity index (χ0) is 32.3. The minimum absolute atomic E-state index is 0.216. The molecule has 0 unspecified atom stereocenters. The molecule has 0 aliphatic heterocycles. The van der Waals surface area contributed by atoms with Crippen LogP contribution in [0.4, 0.5) is 10.7 Å². The molecule has 13 nitrogen and oxygen atoms in total. The van der Waals surface area contributed by atoms with Crippen LogP contribution >= 0.6 is 15.9 Å². The van der Waals surface area contributed by atoms with Gasteiger partial charge >= 0.3 is 6.09 Å². The van der Waals surface area contributed by atoms with Crippen LogP contribution in [0.15, 0.2) is 34.0 Å². The van der Waals surface area contributed by atoms with Crippen LogP contribution in [-0.2, 0) is 39.0 Å². The van der Waals surface area contributed by atoms with Crippen LogP contribution < -0.4 is 10.6 Å². The minimum atomic E-state index is -3.68. The van der Waals surface area contributed by atoms with Crippen LogP contribution in [0, 0.1) is 0 Å². The van der Waals surface area contributed by atoms with Crippen molar-refractivity contribution in [2.24, 2.45) is 0 Å². The molecule has 4 rings (SSSR count). The van der Waals surface area contributed by atoms with Crippen LogP contribution in [0.2, 0.25) is 25.7 Å². The highest BCUT2D eigenvalue weighted by Crippen LogP contribution is 2.24. The molecule has 0 bridgehead atoms. The number of aromatic nitrogens is 6. The number of carbonyl (C=O) groups excluding carboxylic acids is 1. The van der Waals surface area contributed by atoms with Crippen molar-refractivity contribution >= 4 is 62.6 Å². The highest BCUT2D eigenvalue weighted by Gasteiger charge is 2.21. The molecule has 3 heterocycles. The Morgan fingerprint density at radius 3 is 2.57 bits per heavy atom. The number of nitrogens with one attached hydrogen (secondary N) is 2. The van der Waals surface area contributed by atoms with Crippen molar-refractivity contribution in [2.45, 2.75) is 83.3 Å². The Labute approximate surface area is 267 Å². The third-order valence-electron chi connectivity index (χ3n) is 6.49. The summed E-state index contributed by atoms with van der Waals surface area (Å²) in [5.74, 6) is 0.902. The highest BCUT2D eigenvalue weighted by atomic mass is 79.9.